The normalized spacial score (nSPS) is 15.5. The van der Waals surface area contributed by atoms with Gasteiger partial charge in [-0.3, -0.25) is 18.7 Å². The van der Waals surface area contributed by atoms with Crippen LogP contribution in [-0.4, -0.2) is 32.1 Å². The highest BCUT2D eigenvalue weighted by molar-refractivity contribution is 5.97. The predicted octanol–water partition coefficient (Wildman–Crippen LogP) is 0.333. The van der Waals surface area contributed by atoms with Crippen LogP contribution in [0.3, 0.4) is 0 Å². The van der Waals surface area contributed by atoms with E-state index in [4.69, 9.17) is 5.73 Å². The van der Waals surface area contributed by atoms with Crippen LogP contribution >= 0.6 is 24.8 Å². The molecule has 3 rings (SSSR count). The maximum atomic E-state index is 12.6. The summed E-state index contributed by atoms with van der Waals surface area (Å²) in [5.41, 5.74) is 4.97. The van der Waals surface area contributed by atoms with Gasteiger partial charge in [0.05, 0.1) is 16.5 Å². The van der Waals surface area contributed by atoms with Crippen LogP contribution in [0.5, 0.6) is 0 Å². The van der Waals surface area contributed by atoms with Crippen LogP contribution in [0.15, 0.2) is 21.9 Å². The molecule has 1 saturated carbocycles. The van der Waals surface area contributed by atoms with Crippen LogP contribution in [0.1, 0.15) is 30.1 Å². The molecule has 1 atom stereocenters. The van der Waals surface area contributed by atoms with E-state index in [9.17, 15) is 14.4 Å². The molecule has 2 heterocycles. The summed E-state index contributed by atoms with van der Waals surface area (Å²) in [6.07, 6.45) is 3.47. The maximum absolute atomic E-state index is 12.6. The average molecular weight is 404 g/mol. The molecule has 3 N–H and O–H groups in total. The molecule has 0 aromatic carbocycles. The van der Waals surface area contributed by atoms with Crippen LogP contribution < -0.4 is 22.3 Å². The van der Waals surface area contributed by atoms with Crippen molar-refractivity contribution in [2.75, 3.05) is 6.54 Å². The Hall–Kier alpha value is -1.90. The zero-order valence-electron chi connectivity index (χ0n) is 14.8. The number of nitrogens with two attached hydrogens (primary N) is 1. The number of rotatable bonds is 4. The Morgan fingerprint density at radius 1 is 1.31 bits per heavy atom. The monoisotopic (exact) mass is 403 g/mol. The van der Waals surface area contributed by atoms with E-state index < -0.39 is 16.8 Å². The van der Waals surface area contributed by atoms with E-state index in [0.29, 0.717) is 12.5 Å². The molecule has 1 fully saturated rings. The van der Waals surface area contributed by atoms with Crippen molar-refractivity contribution in [2.24, 2.45) is 25.7 Å². The molecule has 0 saturated heterocycles. The zero-order chi connectivity index (χ0) is 17.6. The summed E-state index contributed by atoms with van der Waals surface area (Å²) in [7, 11) is 2.94. The number of fused-ring (bicyclic) bond motifs is 1. The van der Waals surface area contributed by atoms with E-state index in [2.05, 4.69) is 10.3 Å². The molecule has 10 heteroatoms. The van der Waals surface area contributed by atoms with E-state index >= 15 is 0 Å². The second kappa shape index (κ2) is 7.77. The van der Waals surface area contributed by atoms with Crippen LogP contribution in [0.2, 0.25) is 0 Å². The first-order valence-corrected chi connectivity index (χ1v) is 7.87. The van der Waals surface area contributed by atoms with Crippen molar-refractivity contribution in [1.82, 2.24) is 19.4 Å². The number of nitrogens with zero attached hydrogens (tertiary/aromatic N) is 3. The molecule has 1 aliphatic carbocycles. The van der Waals surface area contributed by atoms with E-state index in [1.807, 2.05) is 6.92 Å². The predicted molar refractivity (Wildman–Crippen MR) is 104 cm³/mol. The van der Waals surface area contributed by atoms with Gasteiger partial charge in [0.2, 0.25) is 0 Å². The Morgan fingerprint density at radius 2 is 1.92 bits per heavy atom. The highest BCUT2D eigenvalue weighted by Crippen LogP contribution is 2.39. The minimum atomic E-state index is -0.473. The molecule has 26 heavy (non-hydrogen) atoms. The fourth-order valence-electron chi connectivity index (χ4n) is 2.96. The number of nitrogens with one attached hydrogen (secondary N) is 1. The number of aromatic nitrogens is 3. The number of carbonyl (C=O) groups excluding carboxylic acids is 1. The highest BCUT2D eigenvalue weighted by atomic mass is 35.5. The van der Waals surface area contributed by atoms with Crippen LogP contribution in [-0.2, 0) is 14.1 Å². The number of aryl methyl sites for hydroxylation is 1. The van der Waals surface area contributed by atoms with Gasteiger partial charge in [-0.1, -0.05) is 0 Å². The molecule has 1 unspecified atom stereocenters. The highest BCUT2D eigenvalue weighted by Gasteiger charge is 2.41. The van der Waals surface area contributed by atoms with Gasteiger partial charge in [0.1, 0.15) is 5.65 Å². The zero-order valence-corrected chi connectivity index (χ0v) is 16.4. The minimum absolute atomic E-state index is 0. The van der Waals surface area contributed by atoms with Gasteiger partial charge in [0.25, 0.3) is 11.5 Å². The fraction of sp³-hybridized carbons (Fsp3) is 0.500. The molecule has 0 bridgehead atoms. The third-order valence-corrected chi connectivity index (χ3v) is 4.86. The van der Waals surface area contributed by atoms with Gasteiger partial charge >= 0.3 is 5.69 Å². The van der Waals surface area contributed by atoms with Gasteiger partial charge in [-0.15, -0.1) is 24.8 Å². The summed E-state index contributed by atoms with van der Waals surface area (Å²) in [5, 5.41) is 3.19. The quantitative estimate of drug-likeness (QED) is 0.763. The maximum Gasteiger partial charge on any atom is 0.332 e. The van der Waals surface area contributed by atoms with Crippen LogP contribution in [0.4, 0.5) is 0 Å². The molecule has 1 aliphatic rings. The summed E-state index contributed by atoms with van der Waals surface area (Å²) in [6, 6.07) is 1.48. The first-order valence-electron chi connectivity index (χ1n) is 7.87. The number of pyridine rings is 1. The Kier molecular flexibility index (Phi) is 6.62. The van der Waals surface area contributed by atoms with Crippen molar-refractivity contribution < 1.29 is 4.79 Å². The summed E-state index contributed by atoms with van der Waals surface area (Å²) in [5.74, 6) is 0.0636. The van der Waals surface area contributed by atoms with Crippen molar-refractivity contribution in [3.8, 4) is 0 Å². The van der Waals surface area contributed by atoms with Gasteiger partial charge in [-0.2, -0.15) is 0 Å². The summed E-state index contributed by atoms with van der Waals surface area (Å²) in [4.78, 5) is 40.9. The lowest BCUT2D eigenvalue weighted by Gasteiger charge is -2.29. The lowest BCUT2D eigenvalue weighted by molar-refractivity contribution is 0.0897. The topological polar surface area (TPSA) is 112 Å². The second-order valence-electron chi connectivity index (χ2n) is 6.65. The average Bonchev–Trinajstić information content (AvgIpc) is 3.42. The van der Waals surface area contributed by atoms with Crippen LogP contribution in [0.25, 0.3) is 11.0 Å². The summed E-state index contributed by atoms with van der Waals surface area (Å²) in [6.45, 7) is 2.28. The molecule has 2 aromatic heterocycles. The molecule has 8 nitrogen and oxygen atoms in total. The number of carbonyl (C=O) groups is 1. The SMILES string of the molecule is Cl.Cl.Cn1c(=O)c2cc(C(=O)NC(C)(CN)C3CC3)cnc2n(C)c1=O. The standard InChI is InChI=1S/C16H21N5O3.2ClH/c1-16(8-17,10-4-5-10)19-13(22)9-6-11-12(18-7-9)20(2)15(24)21(3)14(11)23;;/h6-7,10H,4-5,8,17H2,1-3H3,(H,19,22);2*1H. The molecule has 0 radical (unpaired) electrons. The largest absolute Gasteiger partial charge is 0.345 e. The fourth-order valence-corrected chi connectivity index (χ4v) is 2.96. The number of halogens is 2. The first kappa shape index (κ1) is 22.1. The second-order valence-corrected chi connectivity index (χ2v) is 6.65. The minimum Gasteiger partial charge on any atom is -0.345 e. The Bertz CT molecular complexity index is 951. The molecule has 0 spiro atoms. The lowest BCUT2D eigenvalue weighted by atomic mass is 9.95. The van der Waals surface area contributed by atoms with Crippen molar-refractivity contribution >= 4 is 41.8 Å². The van der Waals surface area contributed by atoms with E-state index in [1.165, 1.54) is 30.9 Å². The third kappa shape index (κ3) is 3.62. The van der Waals surface area contributed by atoms with Gasteiger partial charge in [0.15, 0.2) is 0 Å². The smallest absolute Gasteiger partial charge is 0.332 e. The van der Waals surface area contributed by atoms with Crippen molar-refractivity contribution in [1.29, 1.82) is 0 Å². The Labute approximate surface area is 162 Å². The third-order valence-electron chi connectivity index (χ3n) is 4.86. The van der Waals surface area contributed by atoms with E-state index in [-0.39, 0.29) is 47.3 Å². The molecular formula is C16H23Cl2N5O3. The van der Waals surface area contributed by atoms with Gasteiger partial charge < -0.3 is 11.1 Å². The first-order chi connectivity index (χ1) is 11.3. The molecule has 1 amide bonds. The van der Waals surface area contributed by atoms with E-state index in [1.54, 1.807) is 0 Å². The lowest BCUT2D eigenvalue weighted by Crippen LogP contribution is -2.53. The number of amides is 1. The van der Waals surface area contributed by atoms with Gasteiger partial charge in [0, 0.05) is 26.8 Å². The summed E-state index contributed by atoms with van der Waals surface area (Å²) >= 11 is 0. The molecule has 144 valence electrons. The molecule has 2 aromatic rings. The van der Waals surface area contributed by atoms with Crippen molar-refractivity contribution in [3.63, 3.8) is 0 Å². The van der Waals surface area contributed by atoms with Crippen LogP contribution in [0, 0.1) is 5.92 Å². The van der Waals surface area contributed by atoms with Gasteiger partial charge in [-0.05, 0) is 31.7 Å². The van der Waals surface area contributed by atoms with Crippen molar-refractivity contribution in [3.05, 3.63) is 38.7 Å². The number of hydrogen-bond donors (Lipinski definition) is 2. The Morgan fingerprint density at radius 3 is 2.46 bits per heavy atom. The summed E-state index contributed by atoms with van der Waals surface area (Å²) < 4.78 is 2.28. The Balaban J connectivity index is 0.00000169. The molecule has 0 aliphatic heterocycles. The van der Waals surface area contributed by atoms with Crippen molar-refractivity contribution in [2.45, 2.75) is 25.3 Å². The van der Waals surface area contributed by atoms with Gasteiger partial charge in [-0.25, -0.2) is 9.78 Å². The van der Waals surface area contributed by atoms with E-state index in [0.717, 1.165) is 17.4 Å². The molecular weight excluding hydrogens is 381 g/mol. The number of hydrogen-bond acceptors (Lipinski definition) is 5.